The molecule has 0 aliphatic heterocycles. The number of phenols is 1. The number of carbonyl (C=O) groups is 1. The number of nitrogens with two attached hydrogens (primary N) is 1. The Morgan fingerprint density at radius 1 is 1.29 bits per heavy atom. The number of hydrazone groups is 1. The summed E-state index contributed by atoms with van der Waals surface area (Å²) in [5, 5.41) is 24.9. The number of aromatic hydroxyl groups is 1. The summed E-state index contributed by atoms with van der Waals surface area (Å²) in [6.45, 7) is 3.94. The van der Waals surface area contributed by atoms with Crippen molar-refractivity contribution in [3.8, 4) is 11.5 Å². The lowest BCUT2D eigenvalue weighted by atomic mass is 10.1. The fourth-order valence-corrected chi connectivity index (χ4v) is 3.33. The van der Waals surface area contributed by atoms with Crippen molar-refractivity contribution in [1.82, 2.24) is 14.9 Å². The first-order chi connectivity index (χ1) is 14.9. The van der Waals surface area contributed by atoms with Crippen LogP contribution in [0, 0.1) is 13.8 Å². The molecule has 0 saturated heterocycles. The van der Waals surface area contributed by atoms with Gasteiger partial charge in [0.05, 0.1) is 19.1 Å². The summed E-state index contributed by atoms with van der Waals surface area (Å²) < 4.78 is 6.20. The van der Waals surface area contributed by atoms with Crippen LogP contribution in [0.5, 0.6) is 11.5 Å². The van der Waals surface area contributed by atoms with E-state index < -0.39 is 0 Å². The molecule has 162 valence electrons. The minimum Gasteiger partial charge on any atom is -0.504 e. The number of rotatable bonds is 8. The standard InChI is InChI=1S/C20H23N7O3S/c1-12-4-6-15(13(2)8-12)23-18(29)11-31-20-26-25-19(27(20)21)24-22-10-14-5-7-17(30-3)16(28)9-14/h4-10,28H,11,21H2,1-3H3,(H,23,29)(H,24,25)/b22-10+. The highest BCUT2D eigenvalue weighted by Gasteiger charge is 2.12. The number of nitrogens with zero attached hydrogens (tertiary/aromatic N) is 4. The summed E-state index contributed by atoms with van der Waals surface area (Å²) in [5.74, 6) is 6.49. The van der Waals surface area contributed by atoms with Gasteiger partial charge in [-0.1, -0.05) is 29.5 Å². The van der Waals surface area contributed by atoms with Crippen LogP contribution >= 0.6 is 11.8 Å². The van der Waals surface area contributed by atoms with Crippen molar-refractivity contribution in [2.75, 3.05) is 29.4 Å². The Balaban J connectivity index is 1.55. The minimum absolute atomic E-state index is 0.00577. The highest BCUT2D eigenvalue weighted by atomic mass is 32.2. The molecule has 3 aromatic rings. The zero-order valence-corrected chi connectivity index (χ0v) is 18.1. The molecule has 0 aliphatic rings. The molecule has 2 aromatic carbocycles. The second-order valence-corrected chi connectivity index (χ2v) is 7.58. The van der Waals surface area contributed by atoms with Crippen LogP contribution in [0.25, 0.3) is 0 Å². The van der Waals surface area contributed by atoms with Crippen LogP contribution in [0.2, 0.25) is 0 Å². The van der Waals surface area contributed by atoms with Gasteiger partial charge in [-0.2, -0.15) is 5.10 Å². The normalized spacial score (nSPS) is 10.9. The molecule has 11 heteroatoms. The first-order valence-electron chi connectivity index (χ1n) is 9.24. The van der Waals surface area contributed by atoms with E-state index in [1.54, 1.807) is 12.1 Å². The Morgan fingerprint density at radius 2 is 2.10 bits per heavy atom. The highest BCUT2D eigenvalue weighted by Crippen LogP contribution is 2.25. The van der Waals surface area contributed by atoms with Crippen molar-refractivity contribution in [2.45, 2.75) is 19.0 Å². The fourth-order valence-electron chi connectivity index (χ4n) is 2.67. The zero-order valence-electron chi connectivity index (χ0n) is 17.3. The summed E-state index contributed by atoms with van der Waals surface area (Å²) in [5.41, 5.74) is 6.22. The van der Waals surface area contributed by atoms with E-state index >= 15 is 0 Å². The lowest BCUT2D eigenvalue weighted by Gasteiger charge is -2.09. The quantitative estimate of drug-likeness (QED) is 0.181. The molecule has 0 radical (unpaired) electrons. The maximum atomic E-state index is 12.2. The summed E-state index contributed by atoms with van der Waals surface area (Å²) >= 11 is 1.15. The number of benzene rings is 2. The third kappa shape index (κ3) is 5.66. The number of nitrogens with one attached hydrogen (secondary N) is 2. The van der Waals surface area contributed by atoms with Crippen molar-refractivity contribution in [3.63, 3.8) is 0 Å². The number of ether oxygens (including phenoxy) is 1. The first-order valence-corrected chi connectivity index (χ1v) is 10.2. The van der Waals surface area contributed by atoms with Crippen LogP contribution in [-0.4, -0.2) is 45.0 Å². The first kappa shape index (κ1) is 22.0. The van der Waals surface area contributed by atoms with E-state index in [2.05, 4.69) is 26.0 Å². The molecule has 10 nitrogen and oxygen atoms in total. The number of aromatic nitrogens is 3. The third-order valence-electron chi connectivity index (χ3n) is 4.23. The van der Waals surface area contributed by atoms with Crippen molar-refractivity contribution < 1.29 is 14.6 Å². The topological polar surface area (TPSA) is 140 Å². The molecule has 1 heterocycles. The number of nitrogen functional groups attached to an aromatic ring is 1. The van der Waals surface area contributed by atoms with Crippen LogP contribution in [0.3, 0.4) is 0 Å². The van der Waals surface area contributed by atoms with E-state index in [0.29, 0.717) is 16.5 Å². The van der Waals surface area contributed by atoms with Crippen LogP contribution < -0.4 is 21.3 Å². The second kappa shape index (κ2) is 9.85. The van der Waals surface area contributed by atoms with Crippen molar-refractivity contribution in [1.29, 1.82) is 0 Å². The van der Waals surface area contributed by atoms with Crippen LogP contribution in [0.4, 0.5) is 11.6 Å². The number of hydrogen-bond acceptors (Lipinski definition) is 9. The molecule has 0 atom stereocenters. The van der Waals surface area contributed by atoms with Crippen LogP contribution in [0.15, 0.2) is 46.7 Å². The van der Waals surface area contributed by atoms with Gasteiger partial charge in [0.2, 0.25) is 11.1 Å². The number of anilines is 2. The number of phenolic OH excluding ortho intramolecular Hbond substituents is 1. The average molecular weight is 442 g/mol. The maximum absolute atomic E-state index is 12.2. The van der Waals surface area contributed by atoms with Gasteiger partial charge in [0.15, 0.2) is 11.5 Å². The summed E-state index contributed by atoms with van der Waals surface area (Å²) in [6.07, 6.45) is 1.48. The van der Waals surface area contributed by atoms with Gasteiger partial charge in [0, 0.05) is 5.69 Å². The van der Waals surface area contributed by atoms with Gasteiger partial charge < -0.3 is 21.0 Å². The number of aryl methyl sites for hydroxylation is 2. The lowest BCUT2D eigenvalue weighted by Crippen LogP contribution is -2.17. The smallest absolute Gasteiger partial charge is 0.264 e. The number of carbonyl (C=O) groups excluding carboxylic acids is 1. The molecule has 0 fully saturated rings. The number of amides is 1. The lowest BCUT2D eigenvalue weighted by molar-refractivity contribution is -0.113. The van der Waals surface area contributed by atoms with E-state index in [-0.39, 0.29) is 23.4 Å². The Bertz CT molecular complexity index is 1110. The maximum Gasteiger partial charge on any atom is 0.264 e. The summed E-state index contributed by atoms with van der Waals surface area (Å²) in [7, 11) is 1.47. The molecule has 0 spiro atoms. The van der Waals surface area contributed by atoms with Gasteiger partial charge in [0.1, 0.15) is 0 Å². The van der Waals surface area contributed by atoms with Gasteiger partial charge in [-0.3, -0.25) is 4.79 Å². The largest absolute Gasteiger partial charge is 0.504 e. The zero-order chi connectivity index (χ0) is 22.4. The SMILES string of the molecule is COc1ccc(/C=N/Nc2nnc(SCC(=O)Nc3ccc(C)cc3C)n2N)cc1O. The molecule has 31 heavy (non-hydrogen) atoms. The molecule has 3 rings (SSSR count). The molecule has 0 aliphatic carbocycles. The van der Waals surface area contributed by atoms with Gasteiger partial charge in [-0.05, 0) is 49.2 Å². The van der Waals surface area contributed by atoms with Gasteiger partial charge in [-0.15, -0.1) is 10.2 Å². The van der Waals surface area contributed by atoms with Gasteiger partial charge in [0.25, 0.3) is 5.95 Å². The Hall–Kier alpha value is -3.73. The highest BCUT2D eigenvalue weighted by molar-refractivity contribution is 7.99. The van der Waals surface area contributed by atoms with E-state index in [1.165, 1.54) is 24.1 Å². The minimum atomic E-state index is -0.174. The van der Waals surface area contributed by atoms with Crippen LogP contribution in [0.1, 0.15) is 16.7 Å². The van der Waals surface area contributed by atoms with Crippen LogP contribution in [-0.2, 0) is 4.79 Å². The fraction of sp³-hybridized carbons (Fsp3) is 0.200. The van der Waals surface area contributed by atoms with E-state index in [4.69, 9.17) is 10.6 Å². The molecule has 1 amide bonds. The predicted molar refractivity (Wildman–Crippen MR) is 121 cm³/mol. The summed E-state index contributed by atoms with van der Waals surface area (Å²) in [6, 6.07) is 10.7. The summed E-state index contributed by atoms with van der Waals surface area (Å²) in [4.78, 5) is 12.2. The van der Waals surface area contributed by atoms with E-state index in [0.717, 1.165) is 28.6 Å². The van der Waals surface area contributed by atoms with Crippen molar-refractivity contribution in [3.05, 3.63) is 53.1 Å². The second-order valence-electron chi connectivity index (χ2n) is 6.63. The molecule has 5 N–H and O–H groups in total. The molecular formula is C20H23N7O3S. The molecular weight excluding hydrogens is 418 g/mol. The monoisotopic (exact) mass is 441 g/mol. The van der Waals surface area contributed by atoms with Crippen molar-refractivity contribution in [2.24, 2.45) is 5.10 Å². The third-order valence-corrected chi connectivity index (χ3v) is 5.18. The molecule has 1 aromatic heterocycles. The molecule has 0 bridgehead atoms. The van der Waals surface area contributed by atoms with E-state index in [1.807, 2.05) is 32.0 Å². The van der Waals surface area contributed by atoms with Gasteiger partial charge in [-0.25, -0.2) is 10.1 Å². The Labute approximate surface area is 183 Å². The predicted octanol–water partition coefficient (Wildman–Crippen LogP) is 2.50. The van der Waals surface area contributed by atoms with E-state index in [9.17, 15) is 9.90 Å². The Morgan fingerprint density at radius 3 is 2.81 bits per heavy atom. The number of methoxy groups -OCH3 is 1. The molecule has 0 unspecified atom stereocenters. The average Bonchev–Trinajstić information content (AvgIpc) is 3.08. The number of thioether (sulfide) groups is 1. The number of hydrogen-bond donors (Lipinski definition) is 4. The van der Waals surface area contributed by atoms with Gasteiger partial charge >= 0.3 is 0 Å². The van der Waals surface area contributed by atoms with Crippen molar-refractivity contribution >= 4 is 35.5 Å². The molecule has 0 saturated carbocycles. The Kier molecular flexibility index (Phi) is 6.98.